The number of urea groups is 1. The number of pyridine rings is 1. The summed E-state index contributed by atoms with van der Waals surface area (Å²) in [5, 5.41) is 6.62. The summed E-state index contributed by atoms with van der Waals surface area (Å²) in [4.78, 5) is 45.8. The first kappa shape index (κ1) is 24.0. The van der Waals surface area contributed by atoms with E-state index in [0.29, 0.717) is 30.2 Å². The van der Waals surface area contributed by atoms with Gasteiger partial charge < -0.3 is 5.32 Å². The van der Waals surface area contributed by atoms with Crippen molar-refractivity contribution < 1.29 is 9.59 Å². The maximum atomic E-state index is 13.5. The van der Waals surface area contributed by atoms with Gasteiger partial charge in [-0.05, 0) is 66.9 Å². The maximum absolute atomic E-state index is 13.5. The molecule has 0 bridgehead atoms. The van der Waals surface area contributed by atoms with E-state index in [9.17, 15) is 14.4 Å². The van der Waals surface area contributed by atoms with Gasteiger partial charge in [0.25, 0.3) is 5.91 Å². The predicted octanol–water partition coefficient (Wildman–Crippen LogP) is 3.06. The molecule has 0 unspecified atom stereocenters. The van der Waals surface area contributed by atoms with Crippen molar-refractivity contribution in [2.45, 2.75) is 13.8 Å². The summed E-state index contributed by atoms with van der Waals surface area (Å²) in [5.74, 6) is 0.406. The highest BCUT2D eigenvalue weighted by Gasteiger charge is 2.33. The number of hydrogen-bond donors (Lipinski definition) is 1. The standard InChI is InChI=1S/C27H27N7O3/c1-17-14-23(19-8-10-21(11-9-19)34-16-29-31(4)26(34)36)18(2)24(30-17)33-13-12-32(27(33)37)22-7-5-6-20(15-22)25(35)28-3/h5-11,14-16H,12-13H2,1-4H3,(H,28,35). The van der Waals surface area contributed by atoms with Gasteiger partial charge in [0.05, 0.1) is 5.69 Å². The first-order valence-electron chi connectivity index (χ1n) is 11.9. The van der Waals surface area contributed by atoms with Gasteiger partial charge in [-0.1, -0.05) is 18.2 Å². The van der Waals surface area contributed by atoms with E-state index >= 15 is 0 Å². The van der Waals surface area contributed by atoms with Gasteiger partial charge in [0.15, 0.2) is 0 Å². The van der Waals surface area contributed by atoms with Crippen LogP contribution in [-0.4, -0.2) is 51.4 Å². The zero-order chi connectivity index (χ0) is 26.3. The van der Waals surface area contributed by atoms with Gasteiger partial charge in [-0.3, -0.25) is 14.6 Å². The van der Waals surface area contributed by atoms with Crippen molar-refractivity contribution in [3.63, 3.8) is 0 Å². The molecule has 0 saturated carbocycles. The molecule has 3 amide bonds. The molecule has 2 aromatic heterocycles. The molecule has 0 aliphatic carbocycles. The first-order chi connectivity index (χ1) is 17.8. The number of rotatable bonds is 5. The van der Waals surface area contributed by atoms with Gasteiger partial charge in [0, 0.05) is 44.1 Å². The Balaban J connectivity index is 1.46. The smallest absolute Gasteiger partial charge is 0.350 e. The Kier molecular flexibility index (Phi) is 6.08. The van der Waals surface area contributed by atoms with Crippen LogP contribution in [0.2, 0.25) is 0 Å². The minimum absolute atomic E-state index is 0.187. The van der Waals surface area contributed by atoms with Crippen molar-refractivity contribution in [1.29, 1.82) is 0 Å². The Morgan fingerprint density at radius 1 is 0.946 bits per heavy atom. The number of hydrogen-bond acceptors (Lipinski definition) is 5. The van der Waals surface area contributed by atoms with Crippen LogP contribution in [0.1, 0.15) is 21.6 Å². The van der Waals surface area contributed by atoms with E-state index < -0.39 is 0 Å². The molecule has 1 aliphatic rings. The van der Waals surface area contributed by atoms with Crippen molar-refractivity contribution in [3.05, 3.63) is 88.2 Å². The zero-order valence-electron chi connectivity index (χ0n) is 21.1. The number of anilines is 2. The summed E-state index contributed by atoms with van der Waals surface area (Å²) in [6.07, 6.45) is 1.49. The molecule has 0 radical (unpaired) electrons. The molecule has 4 aromatic rings. The molecule has 1 N–H and O–H groups in total. The highest BCUT2D eigenvalue weighted by Crippen LogP contribution is 2.33. The fraction of sp³-hybridized carbons (Fsp3) is 0.222. The first-order valence-corrected chi connectivity index (χ1v) is 11.9. The van der Waals surface area contributed by atoms with Crippen LogP contribution in [0.5, 0.6) is 0 Å². The average molecular weight is 498 g/mol. The second-order valence-electron chi connectivity index (χ2n) is 8.93. The zero-order valence-corrected chi connectivity index (χ0v) is 21.1. The molecule has 37 heavy (non-hydrogen) atoms. The molecule has 10 heteroatoms. The Hall–Kier alpha value is -4.73. The van der Waals surface area contributed by atoms with Crippen LogP contribution in [0.3, 0.4) is 0 Å². The Labute approximate surface area is 213 Å². The van der Waals surface area contributed by atoms with Crippen LogP contribution >= 0.6 is 0 Å². The fourth-order valence-electron chi connectivity index (χ4n) is 4.58. The largest absolute Gasteiger partial charge is 0.355 e. The second-order valence-corrected chi connectivity index (χ2v) is 8.93. The van der Waals surface area contributed by atoms with Crippen LogP contribution in [0.15, 0.2) is 65.7 Å². The molecule has 1 saturated heterocycles. The Morgan fingerprint density at radius 3 is 2.35 bits per heavy atom. The molecule has 2 aromatic carbocycles. The van der Waals surface area contributed by atoms with E-state index in [4.69, 9.17) is 4.98 Å². The molecule has 1 aliphatic heterocycles. The fourth-order valence-corrected chi connectivity index (χ4v) is 4.58. The summed E-state index contributed by atoms with van der Waals surface area (Å²) in [6.45, 7) is 4.82. The van der Waals surface area contributed by atoms with Gasteiger partial charge in [0.1, 0.15) is 12.1 Å². The van der Waals surface area contributed by atoms with E-state index in [0.717, 1.165) is 28.1 Å². The predicted molar refractivity (Wildman–Crippen MR) is 141 cm³/mol. The summed E-state index contributed by atoms with van der Waals surface area (Å²) in [5.41, 5.74) is 5.24. The van der Waals surface area contributed by atoms with Gasteiger partial charge in [-0.15, -0.1) is 0 Å². The molecular weight excluding hydrogens is 470 g/mol. The van der Waals surface area contributed by atoms with Crippen molar-refractivity contribution in [1.82, 2.24) is 24.6 Å². The third-order valence-electron chi connectivity index (χ3n) is 6.57. The number of nitrogens with zero attached hydrogens (tertiary/aromatic N) is 6. The quantitative estimate of drug-likeness (QED) is 0.456. The van der Waals surface area contributed by atoms with Crippen LogP contribution in [-0.2, 0) is 7.05 Å². The van der Waals surface area contributed by atoms with Gasteiger partial charge in [-0.25, -0.2) is 23.8 Å². The third kappa shape index (κ3) is 4.26. The van der Waals surface area contributed by atoms with Gasteiger partial charge in [-0.2, -0.15) is 5.10 Å². The summed E-state index contributed by atoms with van der Waals surface area (Å²) in [7, 11) is 3.19. The number of nitrogens with one attached hydrogen (secondary N) is 1. The highest BCUT2D eigenvalue weighted by molar-refractivity contribution is 6.07. The number of amides is 3. The lowest BCUT2D eigenvalue weighted by Crippen LogP contribution is -2.33. The van der Waals surface area contributed by atoms with Crippen molar-refractivity contribution in [2.24, 2.45) is 7.05 Å². The normalized spacial score (nSPS) is 13.4. The van der Waals surface area contributed by atoms with Crippen LogP contribution in [0, 0.1) is 13.8 Å². The summed E-state index contributed by atoms with van der Waals surface area (Å²) >= 11 is 0. The lowest BCUT2D eigenvalue weighted by Gasteiger charge is -2.22. The van der Waals surface area contributed by atoms with E-state index in [2.05, 4.69) is 10.4 Å². The number of carbonyl (C=O) groups is 2. The average Bonchev–Trinajstić information content (AvgIpc) is 3.46. The SMILES string of the molecule is CNC(=O)c1cccc(N2CCN(c3nc(C)cc(-c4ccc(-n5cnn(C)c5=O)cc4)c3C)C2=O)c1. The van der Waals surface area contributed by atoms with E-state index in [1.807, 2.05) is 50.2 Å². The van der Waals surface area contributed by atoms with E-state index in [1.54, 1.807) is 42.1 Å². The molecule has 5 rings (SSSR count). The van der Waals surface area contributed by atoms with Crippen LogP contribution < -0.4 is 20.8 Å². The maximum Gasteiger partial charge on any atom is 0.350 e. The van der Waals surface area contributed by atoms with Crippen molar-refractivity contribution in [2.75, 3.05) is 29.9 Å². The number of benzene rings is 2. The van der Waals surface area contributed by atoms with Crippen molar-refractivity contribution >= 4 is 23.4 Å². The molecule has 0 atom stereocenters. The second kappa shape index (κ2) is 9.38. The topological polar surface area (TPSA) is 105 Å². The summed E-state index contributed by atoms with van der Waals surface area (Å²) < 4.78 is 2.76. The van der Waals surface area contributed by atoms with Crippen molar-refractivity contribution in [3.8, 4) is 16.8 Å². The lowest BCUT2D eigenvalue weighted by atomic mass is 10.00. The number of aryl methyl sites for hydroxylation is 2. The third-order valence-corrected chi connectivity index (χ3v) is 6.57. The minimum atomic E-state index is -0.219. The molecule has 188 valence electrons. The van der Waals surface area contributed by atoms with Gasteiger partial charge >= 0.3 is 11.7 Å². The van der Waals surface area contributed by atoms with Crippen LogP contribution in [0.25, 0.3) is 16.8 Å². The molecule has 0 spiro atoms. The molecule has 10 nitrogen and oxygen atoms in total. The highest BCUT2D eigenvalue weighted by atomic mass is 16.2. The lowest BCUT2D eigenvalue weighted by molar-refractivity contribution is 0.0963. The number of aromatic nitrogens is 4. The molecule has 1 fully saturated rings. The van der Waals surface area contributed by atoms with E-state index in [1.165, 1.54) is 15.6 Å². The minimum Gasteiger partial charge on any atom is -0.355 e. The Bertz CT molecular complexity index is 1570. The van der Waals surface area contributed by atoms with Crippen LogP contribution in [0.4, 0.5) is 16.3 Å². The Morgan fingerprint density at radius 2 is 1.68 bits per heavy atom. The van der Waals surface area contributed by atoms with Gasteiger partial charge in [0.2, 0.25) is 0 Å². The van der Waals surface area contributed by atoms with E-state index in [-0.39, 0.29) is 17.6 Å². The summed E-state index contributed by atoms with van der Waals surface area (Å²) in [6, 6.07) is 16.5. The molecule has 3 heterocycles. The monoisotopic (exact) mass is 497 g/mol. The molecular formula is C27H27N7O3. The number of carbonyl (C=O) groups excluding carboxylic acids is 2.